The molecule has 2 rings (SSSR count). The molecule has 88 valence electrons. The fraction of sp³-hybridized carbons (Fsp3) is 0.143. The monoisotopic (exact) mass is 354 g/mol. The smallest absolute Gasteiger partial charge is 0.118 e. The van der Waals surface area contributed by atoms with Gasteiger partial charge in [0.1, 0.15) is 5.75 Å². The summed E-state index contributed by atoms with van der Waals surface area (Å²) >= 11 is 7.20. The second kappa shape index (κ2) is 5.69. The van der Waals surface area contributed by atoms with E-state index in [1.165, 1.54) is 11.1 Å². The van der Waals surface area contributed by atoms with Crippen molar-refractivity contribution in [2.24, 2.45) is 0 Å². The van der Waals surface area contributed by atoms with Crippen LogP contribution in [-0.4, -0.2) is 7.11 Å². The molecule has 1 atom stereocenters. The van der Waals surface area contributed by atoms with E-state index in [2.05, 4.69) is 56.1 Å². The molecule has 0 saturated carbocycles. The highest BCUT2D eigenvalue weighted by atomic mass is 79.9. The van der Waals surface area contributed by atoms with E-state index in [4.69, 9.17) is 4.74 Å². The average Bonchev–Trinajstić information content (AvgIpc) is 2.38. The van der Waals surface area contributed by atoms with Crippen molar-refractivity contribution in [3.63, 3.8) is 0 Å². The standard InChI is InChI=1S/C14H12Br2O/c1-17-13-7-5-10(6-8-13)14(16)11-3-2-4-12(15)9-11/h2-9,14H,1H3. The minimum absolute atomic E-state index is 0.200. The Bertz CT molecular complexity index is 494. The molecule has 0 N–H and O–H groups in total. The number of hydrogen-bond acceptors (Lipinski definition) is 1. The summed E-state index contributed by atoms with van der Waals surface area (Å²) in [5.41, 5.74) is 2.44. The summed E-state index contributed by atoms with van der Waals surface area (Å²) in [5.74, 6) is 0.877. The van der Waals surface area contributed by atoms with Crippen LogP contribution in [-0.2, 0) is 0 Å². The topological polar surface area (TPSA) is 9.23 Å². The van der Waals surface area contributed by atoms with Gasteiger partial charge in [0.25, 0.3) is 0 Å². The van der Waals surface area contributed by atoms with Gasteiger partial charge >= 0.3 is 0 Å². The lowest BCUT2D eigenvalue weighted by Gasteiger charge is -2.11. The summed E-state index contributed by atoms with van der Waals surface area (Å²) in [4.78, 5) is 0.200. The van der Waals surface area contributed by atoms with Crippen LogP contribution in [0, 0.1) is 0 Å². The van der Waals surface area contributed by atoms with Crippen LogP contribution in [0.1, 0.15) is 16.0 Å². The Morgan fingerprint density at radius 3 is 2.29 bits per heavy atom. The van der Waals surface area contributed by atoms with Crippen molar-refractivity contribution < 1.29 is 4.74 Å². The van der Waals surface area contributed by atoms with Gasteiger partial charge in [-0.3, -0.25) is 0 Å². The molecule has 2 aromatic rings. The summed E-state index contributed by atoms with van der Waals surface area (Å²) in [6.07, 6.45) is 0. The molecule has 0 aliphatic heterocycles. The Kier molecular flexibility index (Phi) is 4.24. The Hall–Kier alpha value is -0.800. The van der Waals surface area contributed by atoms with Gasteiger partial charge in [-0.1, -0.05) is 56.1 Å². The molecule has 0 aromatic heterocycles. The molecule has 3 heteroatoms. The van der Waals surface area contributed by atoms with Crippen LogP contribution in [0.25, 0.3) is 0 Å². The van der Waals surface area contributed by atoms with E-state index in [-0.39, 0.29) is 4.83 Å². The highest BCUT2D eigenvalue weighted by Gasteiger charge is 2.10. The van der Waals surface area contributed by atoms with Crippen molar-refractivity contribution in [2.75, 3.05) is 7.11 Å². The molecule has 2 aromatic carbocycles. The number of alkyl halides is 1. The zero-order chi connectivity index (χ0) is 12.3. The summed E-state index contributed by atoms with van der Waals surface area (Å²) in [7, 11) is 1.68. The lowest BCUT2D eigenvalue weighted by atomic mass is 10.1. The number of methoxy groups -OCH3 is 1. The Balaban J connectivity index is 2.27. The van der Waals surface area contributed by atoms with Gasteiger partial charge in [-0.05, 0) is 35.4 Å². The first-order chi connectivity index (χ1) is 8.20. The van der Waals surface area contributed by atoms with Gasteiger partial charge < -0.3 is 4.74 Å². The highest BCUT2D eigenvalue weighted by Crippen LogP contribution is 2.32. The average molecular weight is 356 g/mol. The van der Waals surface area contributed by atoms with Crippen LogP contribution in [0.2, 0.25) is 0 Å². The van der Waals surface area contributed by atoms with Crippen LogP contribution in [0.15, 0.2) is 53.0 Å². The lowest BCUT2D eigenvalue weighted by Crippen LogP contribution is -1.92. The van der Waals surface area contributed by atoms with Crippen molar-refractivity contribution >= 4 is 31.9 Å². The van der Waals surface area contributed by atoms with E-state index >= 15 is 0 Å². The molecule has 0 bridgehead atoms. The number of rotatable bonds is 3. The number of hydrogen-bond donors (Lipinski definition) is 0. The van der Waals surface area contributed by atoms with Gasteiger partial charge in [0, 0.05) is 4.47 Å². The van der Waals surface area contributed by atoms with Crippen molar-refractivity contribution in [1.29, 1.82) is 0 Å². The molecule has 0 aliphatic carbocycles. The van der Waals surface area contributed by atoms with Gasteiger partial charge in [-0.25, -0.2) is 0 Å². The predicted molar refractivity (Wildman–Crippen MR) is 77.9 cm³/mol. The van der Waals surface area contributed by atoms with Crippen molar-refractivity contribution in [1.82, 2.24) is 0 Å². The molecule has 17 heavy (non-hydrogen) atoms. The highest BCUT2D eigenvalue weighted by molar-refractivity contribution is 9.10. The van der Waals surface area contributed by atoms with E-state index in [1.807, 2.05) is 24.3 Å². The van der Waals surface area contributed by atoms with Crippen LogP contribution >= 0.6 is 31.9 Å². The van der Waals surface area contributed by atoms with Crippen LogP contribution in [0.4, 0.5) is 0 Å². The van der Waals surface area contributed by atoms with Crippen molar-refractivity contribution in [3.8, 4) is 5.75 Å². The Labute approximate surface area is 118 Å². The first kappa shape index (κ1) is 12.7. The summed E-state index contributed by atoms with van der Waals surface area (Å²) in [6, 6.07) is 16.4. The molecule has 1 unspecified atom stereocenters. The third kappa shape index (κ3) is 3.11. The van der Waals surface area contributed by atoms with Gasteiger partial charge in [-0.2, -0.15) is 0 Å². The molecule has 0 heterocycles. The zero-order valence-electron chi connectivity index (χ0n) is 9.36. The molecule has 0 fully saturated rings. The second-order valence-electron chi connectivity index (χ2n) is 3.69. The molecular weight excluding hydrogens is 344 g/mol. The van der Waals surface area contributed by atoms with E-state index in [0.717, 1.165) is 10.2 Å². The maximum atomic E-state index is 5.15. The summed E-state index contributed by atoms with van der Waals surface area (Å²) in [6.45, 7) is 0. The third-order valence-electron chi connectivity index (χ3n) is 2.55. The van der Waals surface area contributed by atoms with Crippen LogP contribution in [0.3, 0.4) is 0 Å². The normalized spacial score (nSPS) is 12.2. The maximum absolute atomic E-state index is 5.15. The van der Waals surface area contributed by atoms with Crippen molar-refractivity contribution in [2.45, 2.75) is 4.83 Å². The van der Waals surface area contributed by atoms with E-state index in [1.54, 1.807) is 7.11 Å². The fourth-order valence-electron chi connectivity index (χ4n) is 1.63. The van der Waals surface area contributed by atoms with Crippen LogP contribution in [0.5, 0.6) is 5.75 Å². The minimum Gasteiger partial charge on any atom is -0.497 e. The largest absolute Gasteiger partial charge is 0.497 e. The predicted octanol–water partition coefficient (Wildman–Crippen LogP) is 4.94. The first-order valence-corrected chi connectivity index (χ1v) is 6.95. The van der Waals surface area contributed by atoms with Gasteiger partial charge in [-0.15, -0.1) is 0 Å². The first-order valence-electron chi connectivity index (χ1n) is 5.24. The fourth-order valence-corrected chi connectivity index (χ4v) is 2.64. The molecule has 0 radical (unpaired) electrons. The van der Waals surface area contributed by atoms with Crippen molar-refractivity contribution in [3.05, 3.63) is 64.1 Å². The minimum atomic E-state index is 0.200. The molecule has 0 aliphatic rings. The number of benzene rings is 2. The molecule has 1 nitrogen and oxygen atoms in total. The van der Waals surface area contributed by atoms with Gasteiger partial charge in [0.2, 0.25) is 0 Å². The molecule has 0 saturated heterocycles. The third-order valence-corrected chi connectivity index (χ3v) is 4.10. The number of ether oxygens (including phenoxy) is 1. The molecule has 0 amide bonds. The Morgan fingerprint density at radius 1 is 1.00 bits per heavy atom. The lowest BCUT2D eigenvalue weighted by molar-refractivity contribution is 0.414. The zero-order valence-corrected chi connectivity index (χ0v) is 12.5. The quantitative estimate of drug-likeness (QED) is 0.708. The summed E-state index contributed by atoms with van der Waals surface area (Å²) in [5, 5.41) is 0. The second-order valence-corrected chi connectivity index (χ2v) is 5.52. The molecular formula is C14H12Br2O. The van der Waals surface area contributed by atoms with Crippen LogP contribution < -0.4 is 4.74 Å². The Morgan fingerprint density at radius 2 is 1.71 bits per heavy atom. The molecule has 0 spiro atoms. The van der Waals surface area contributed by atoms with Gasteiger partial charge in [0.05, 0.1) is 11.9 Å². The SMILES string of the molecule is COc1ccc(C(Br)c2cccc(Br)c2)cc1. The maximum Gasteiger partial charge on any atom is 0.118 e. The van der Waals surface area contributed by atoms with Gasteiger partial charge in [0.15, 0.2) is 0 Å². The van der Waals surface area contributed by atoms with E-state index in [9.17, 15) is 0 Å². The van der Waals surface area contributed by atoms with E-state index in [0.29, 0.717) is 0 Å². The van der Waals surface area contributed by atoms with E-state index < -0.39 is 0 Å². The summed E-state index contributed by atoms with van der Waals surface area (Å²) < 4.78 is 6.24. The number of halogens is 2.